The summed E-state index contributed by atoms with van der Waals surface area (Å²) in [5.41, 5.74) is 1.84. The van der Waals surface area contributed by atoms with Gasteiger partial charge in [0.05, 0.1) is 0 Å². The van der Waals surface area contributed by atoms with Crippen LogP contribution in [0, 0.1) is 0 Å². The first-order valence-electron chi connectivity index (χ1n) is 5.43. The molecular weight excluding hydrogens is 257 g/mol. The maximum atomic E-state index is 11.9. The first-order valence-corrected chi connectivity index (χ1v) is 5.81. The van der Waals surface area contributed by atoms with Gasteiger partial charge in [0, 0.05) is 29.4 Å². The van der Waals surface area contributed by atoms with Gasteiger partial charge in [-0.1, -0.05) is 11.6 Å². The zero-order chi connectivity index (χ0) is 12.1. The number of Topliss-reactive ketones (excluding diaryl/α,β-unsaturated/α-hetero) is 1. The van der Waals surface area contributed by atoms with Crippen molar-refractivity contribution in [2.24, 2.45) is 0 Å². The van der Waals surface area contributed by atoms with Crippen LogP contribution in [0.4, 0.5) is 0 Å². The SMILES string of the molecule is O=C(CCc1ccncc1)c1ccc(Cl)cc1.[H-].[Na+]. The van der Waals surface area contributed by atoms with Crippen LogP contribution in [0.5, 0.6) is 0 Å². The number of hydrogen-bond acceptors (Lipinski definition) is 2. The summed E-state index contributed by atoms with van der Waals surface area (Å²) in [5.74, 6) is 0.137. The minimum absolute atomic E-state index is 0. The second-order valence-electron chi connectivity index (χ2n) is 3.79. The Balaban J connectivity index is 0.00000162. The number of carbonyl (C=O) groups is 1. The van der Waals surface area contributed by atoms with Crippen LogP contribution in [0.15, 0.2) is 48.8 Å². The van der Waals surface area contributed by atoms with Gasteiger partial charge in [0.25, 0.3) is 0 Å². The Morgan fingerprint density at radius 2 is 1.72 bits per heavy atom. The van der Waals surface area contributed by atoms with Crippen molar-refractivity contribution in [3.8, 4) is 0 Å². The number of carbonyl (C=O) groups excluding carboxylic acids is 1. The Labute approximate surface area is 135 Å². The van der Waals surface area contributed by atoms with Gasteiger partial charge in [0.1, 0.15) is 0 Å². The summed E-state index contributed by atoms with van der Waals surface area (Å²) in [5, 5.41) is 0.649. The Bertz CT molecular complexity index is 505. The Morgan fingerprint density at radius 1 is 1.11 bits per heavy atom. The minimum atomic E-state index is 0. The fraction of sp³-hybridized carbons (Fsp3) is 0.143. The van der Waals surface area contributed by atoms with Crippen LogP contribution in [0.3, 0.4) is 0 Å². The Morgan fingerprint density at radius 3 is 2.33 bits per heavy atom. The van der Waals surface area contributed by atoms with E-state index in [2.05, 4.69) is 4.98 Å². The summed E-state index contributed by atoms with van der Waals surface area (Å²) in [6, 6.07) is 10.8. The molecule has 2 aromatic rings. The van der Waals surface area contributed by atoms with Gasteiger partial charge in [0.2, 0.25) is 0 Å². The maximum Gasteiger partial charge on any atom is 1.00 e. The number of pyridine rings is 1. The van der Waals surface area contributed by atoms with Gasteiger partial charge in [-0.3, -0.25) is 9.78 Å². The van der Waals surface area contributed by atoms with Crippen molar-refractivity contribution in [2.45, 2.75) is 12.8 Å². The topological polar surface area (TPSA) is 30.0 Å². The molecule has 0 saturated carbocycles. The average molecular weight is 270 g/mol. The number of aryl methyl sites for hydroxylation is 1. The quantitative estimate of drug-likeness (QED) is 0.603. The van der Waals surface area contributed by atoms with Crippen LogP contribution in [-0.4, -0.2) is 10.8 Å². The molecule has 0 bridgehead atoms. The molecule has 0 radical (unpaired) electrons. The van der Waals surface area contributed by atoms with Crippen LogP contribution in [0.2, 0.25) is 5.02 Å². The van der Waals surface area contributed by atoms with Gasteiger partial charge >= 0.3 is 29.6 Å². The van der Waals surface area contributed by atoms with Gasteiger partial charge in [-0.25, -0.2) is 0 Å². The van der Waals surface area contributed by atoms with E-state index in [0.717, 1.165) is 12.0 Å². The fourth-order valence-electron chi connectivity index (χ4n) is 1.59. The Kier molecular flexibility index (Phi) is 6.58. The van der Waals surface area contributed by atoms with Crippen LogP contribution >= 0.6 is 11.6 Å². The number of ketones is 1. The molecule has 1 heterocycles. The number of benzene rings is 1. The van der Waals surface area contributed by atoms with Crippen LogP contribution in [0.25, 0.3) is 0 Å². The molecule has 0 spiro atoms. The monoisotopic (exact) mass is 269 g/mol. The molecule has 0 unspecified atom stereocenters. The predicted molar refractivity (Wildman–Crippen MR) is 69.5 cm³/mol. The van der Waals surface area contributed by atoms with Gasteiger partial charge in [0.15, 0.2) is 5.78 Å². The summed E-state index contributed by atoms with van der Waals surface area (Å²) in [7, 11) is 0. The molecular formula is C14H13ClNNaO. The van der Waals surface area contributed by atoms with E-state index < -0.39 is 0 Å². The number of nitrogens with zero attached hydrogens (tertiary/aromatic N) is 1. The van der Waals surface area contributed by atoms with Crippen LogP contribution in [0.1, 0.15) is 23.8 Å². The molecule has 0 amide bonds. The second-order valence-corrected chi connectivity index (χ2v) is 4.22. The summed E-state index contributed by atoms with van der Waals surface area (Å²) in [6.07, 6.45) is 4.72. The molecule has 0 aliphatic carbocycles. The molecule has 18 heavy (non-hydrogen) atoms. The zero-order valence-corrected chi connectivity index (χ0v) is 13.0. The van der Waals surface area contributed by atoms with Crippen molar-refractivity contribution in [3.63, 3.8) is 0 Å². The molecule has 0 aliphatic rings. The third kappa shape index (κ3) is 4.54. The molecule has 0 aliphatic heterocycles. The van der Waals surface area contributed by atoms with E-state index >= 15 is 0 Å². The number of rotatable bonds is 4. The first kappa shape index (κ1) is 15.4. The second kappa shape index (κ2) is 7.70. The van der Waals surface area contributed by atoms with Crippen molar-refractivity contribution in [2.75, 3.05) is 0 Å². The number of halogens is 1. The van der Waals surface area contributed by atoms with E-state index in [-0.39, 0.29) is 36.8 Å². The van der Waals surface area contributed by atoms with Crippen molar-refractivity contribution in [1.82, 2.24) is 4.98 Å². The minimum Gasteiger partial charge on any atom is -1.00 e. The summed E-state index contributed by atoms with van der Waals surface area (Å²) < 4.78 is 0. The Hall–Kier alpha value is -0.670. The standard InChI is InChI=1S/C14H12ClNO.Na.H/c15-13-4-2-12(3-5-13)14(17)6-1-11-7-9-16-10-8-11;;/h2-5,7-10H,1,6H2;;/q;+1;-1. The maximum absolute atomic E-state index is 11.9. The van der Waals surface area contributed by atoms with Crippen molar-refractivity contribution >= 4 is 17.4 Å². The zero-order valence-electron chi connectivity index (χ0n) is 11.3. The van der Waals surface area contributed by atoms with E-state index in [1.165, 1.54) is 0 Å². The first-order chi connectivity index (χ1) is 8.25. The summed E-state index contributed by atoms with van der Waals surface area (Å²) in [4.78, 5) is 15.8. The van der Waals surface area contributed by atoms with E-state index in [1.54, 1.807) is 36.7 Å². The van der Waals surface area contributed by atoms with Crippen molar-refractivity contribution < 1.29 is 35.8 Å². The van der Waals surface area contributed by atoms with Crippen molar-refractivity contribution in [3.05, 3.63) is 64.9 Å². The summed E-state index contributed by atoms with van der Waals surface area (Å²) in [6.45, 7) is 0. The number of hydrogen-bond donors (Lipinski definition) is 0. The van der Waals surface area contributed by atoms with Crippen LogP contribution < -0.4 is 29.6 Å². The third-order valence-corrected chi connectivity index (χ3v) is 2.81. The van der Waals surface area contributed by atoms with Crippen molar-refractivity contribution in [1.29, 1.82) is 0 Å². The van der Waals surface area contributed by atoms with E-state index in [0.29, 0.717) is 17.0 Å². The fourth-order valence-corrected chi connectivity index (χ4v) is 1.71. The predicted octanol–water partition coefficient (Wildman–Crippen LogP) is 0.667. The molecule has 1 aromatic carbocycles. The molecule has 0 saturated heterocycles. The normalized spacial score (nSPS) is 9.61. The van der Waals surface area contributed by atoms with Gasteiger partial charge < -0.3 is 1.43 Å². The molecule has 2 nitrogen and oxygen atoms in total. The van der Waals surface area contributed by atoms with Crippen LogP contribution in [-0.2, 0) is 6.42 Å². The largest absolute Gasteiger partial charge is 1.00 e. The van der Waals surface area contributed by atoms with E-state index in [4.69, 9.17) is 11.6 Å². The molecule has 0 N–H and O–H groups in total. The van der Waals surface area contributed by atoms with Gasteiger partial charge in [-0.2, -0.15) is 0 Å². The molecule has 88 valence electrons. The van der Waals surface area contributed by atoms with Gasteiger partial charge in [-0.15, -0.1) is 0 Å². The molecule has 0 atom stereocenters. The molecule has 4 heteroatoms. The smallest absolute Gasteiger partial charge is 1.00 e. The number of aromatic nitrogens is 1. The molecule has 1 aromatic heterocycles. The summed E-state index contributed by atoms with van der Waals surface area (Å²) >= 11 is 5.77. The van der Waals surface area contributed by atoms with Gasteiger partial charge in [-0.05, 0) is 48.4 Å². The average Bonchev–Trinajstić information content (AvgIpc) is 2.38. The molecule has 0 fully saturated rings. The molecule has 2 rings (SSSR count). The van der Waals surface area contributed by atoms with E-state index in [1.807, 2.05) is 12.1 Å². The third-order valence-electron chi connectivity index (χ3n) is 2.56. The van der Waals surface area contributed by atoms with E-state index in [9.17, 15) is 4.79 Å².